The number of halogens is 3. The summed E-state index contributed by atoms with van der Waals surface area (Å²) in [7, 11) is -4.24. The number of sulfonamides is 1. The third kappa shape index (κ3) is 4.54. The number of carbonyl (C=O) groups is 1. The molecule has 0 aliphatic rings. The van der Waals surface area contributed by atoms with E-state index in [9.17, 15) is 31.2 Å². The molecule has 1 aromatic heterocycles. The first-order chi connectivity index (χ1) is 13.5. The Morgan fingerprint density at radius 3 is 2.28 bits per heavy atom. The molecule has 0 bridgehead atoms. The van der Waals surface area contributed by atoms with Crippen molar-refractivity contribution in [3.63, 3.8) is 0 Å². The number of hydrogen-bond acceptors (Lipinski definition) is 5. The number of aromatic amines is 2. The maximum atomic E-state index is 13.2. The molecule has 152 valence electrons. The van der Waals surface area contributed by atoms with Crippen LogP contribution >= 0.6 is 0 Å². The predicted molar refractivity (Wildman–Crippen MR) is 96.9 cm³/mol. The van der Waals surface area contributed by atoms with Crippen molar-refractivity contribution >= 4 is 21.5 Å². The van der Waals surface area contributed by atoms with Crippen LogP contribution in [-0.2, 0) is 16.2 Å². The molecule has 0 unspecified atom stereocenters. The van der Waals surface area contributed by atoms with E-state index in [0.717, 1.165) is 12.1 Å². The molecule has 0 saturated carbocycles. The summed E-state index contributed by atoms with van der Waals surface area (Å²) in [5.41, 5.74) is -2.11. The molecule has 0 amide bonds. The molecule has 0 radical (unpaired) electrons. The number of benzene rings is 2. The summed E-state index contributed by atoms with van der Waals surface area (Å²) in [6.45, 7) is 1.31. The van der Waals surface area contributed by atoms with Gasteiger partial charge in [-0.25, -0.2) is 18.3 Å². The van der Waals surface area contributed by atoms with Crippen molar-refractivity contribution in [2.24, 2.45) is 0 Å². The van der Waals surface area contributed by atoms with Crippen LogP contribution in [0.15, 0.2) is 52.2 Å². The maximum absolute atomic E-state index is 13.2. The van der Waals surface area contributed by atoms with Crippen LogP contribution in [0.5, 0.6) is 0 Å². The third-order valence-corrected chi connectivity index (χ3v) is 5.26. The van der Waals surface area contributed by atoms with Crippen LogP contribution in [0, 0.1) is 0 Å². The molecule has 0 aliphatic carbocycles. The first-order valence-electron chi connectivity index (χ1n) is 7.97. The fraction of sp³-hybridized carbons (Fsp3) is 0.118. The van der Waals surface area contributed by atoms with E-state index in [4.69, 9.17) is 0 Å². The summed E-state index contributed by atoms with van der Waals surface area (Å²) in [5.74, 6) is -0.454. The molecule has 0 saturated heterocycles. The lowest BCUT2D eigenvalue weighted by atomic mass is 10.1. The number of nitrogens with zero attached hydrogens (tertiary/aromatic N) is 1. The number of Topliss-reactive ketones (excluding diaryl/α,β-unsaturated/α-hetero) is 1. The lowest BCUT2D eigenvalue weighted by molar-refractivity contribution is -0.137. The Labute approximate surface area is 161 Å². The van der Waals surface area contributed by atoms with Gasteiger partial charge in [-0.05, 0) is 37.3 Å². The summed E-state index contributed by atoms with van der Waals surface area (Å²) >= 11 is 0. The van der Waals surface area contributed by atoms with Gasteiger partial charge in [0.2, 0.25) is 0 Å². The van der Waals surface area contributed by atoms with Crippen LogP contribution in [0.4, 0.5) is 18.9 Å². The van der Waals surface area contributed by atoms with Gasteiger partial charge in [-0.1, -0.05) is 12.1 Å². The molecule has 2 aromatic carbocycles. The van der Waals surface area contributed by atoms with E-state index >= 15 is 0 Å². The Hall–Kier alpha value is -3.41. The van der Waals surface area contributed by atoms with Crippen LogP contribution in [0.3, 0.4) is 0 Å². The molecular weight excluding hydrogens is 413 g/mol. The second kappa shape index (κ2) is 7.20. The fourth-order valence-corrected chi connectivity index (χ4v) is 3.52. The van der Waals surface area contributed by atoms with Crippen molar-refractivity contribution in [3.8, 4) is 11.4 Å². The third-order valence-electron chi connectivity index (χ3n) is 3.86. The highest BCUT2D eigenvalue weighted by Crippen LogP contribution is 2.34. The van der Waals surface area contributed by atoms with E-state index < -0.39 is 27.5 Å². The molecule has 3 rings (SSSR count). The van der Waals surface area contributed by atoms with E-state index in [-0.39, 0.29) is 33.3 Å². The molecule has 3 aromatic rings. The van der Waals surface area contributed by atoms with Crippen molar-refractivity contribution in [1.82, 2.24) is 15.2 Å². The summed E-state index contributed by atoms with van der Waals surface area (Å²) in [6.07, 6.45) is -4.77. The van der Waals surface area contributed by atoms with Gasteiger partial charge in [-0.3, -0.25) is 14.5 Å². The van der Waals surface area contributed by atoms with Crippen LogP contribution in [0.25, 0.3) is 11.4 Å². The number of alkyl halides is 3. The minimum atomic E-state index is -4.77. The standard InChI is InChI=1S/C17H13F3N4O4S/c1-9(25)10-2-4-14(5-3-10)29(27,28)24-13-7-11(15-21-16(26)23-22-15)6-12(8-13)17(18,19)20/h2-8,24H,1H3,(H2,21,22,23,26). The van der Waals surface area contributed by atoms with Crippen LogP contribution in [0.1, 0.15) is 22.8 Å². The Morgan fingerprint density at radius 2 is 1.76 bits per heavy atom. The van der Waals surface area contributed by atoms with Crippen LogP contribution in [0.2, 0.25) is 0 Å². The van der Waals surface area contributed by atoms with E-state index in [0.29, 0.717) is 6.07 Å². The van der Waals surface area contributed by atoms with Gasteiger partial charge in [0.25, 0.3) is 10.0 Å². The van der Waals surface area contributed by atoms with E-state index in [1.54, 1.807) is 0 Å². The number of ketones is 1. The van der Waals surface area contributed by atoms with E-state index in [1.165, 1.54) is 31.2 Å². The van der Waals surface area contributed by atoms with Gasteiger partial charge in [-0.2, -0.15) is 18.3 Å². The van der Waals surface area contributed by atoms with Crippen molar-refractivity contribution in [1.29, 1.82) is 0 Å². The zero-order valence-electron chi connectivity index (χ0n) is 14.7. The van der Waals surface area contributed by atoms with Crippen LogP contribution < -0.4 is 10.4 Å². The largest absolute Gasteiger partial charge is 0.416 e. The zero-order chi connectivity index (χ0) is 21.4. The highest BCUT2D eigenvalue weighted by Gasteiger charge is 2.32. The minimum absolute atomic E-state index is 0.150. The average Bonchev–Trinajstić information content (AvgIpc) is 3.07. The molecule has 29 heavy (non-hydrogen) atoms. The van der Waals surface area contributed by atoms with E-state index in [2.05, 4.69) is 14.8 Å². The smallest absolute Gasteiger partial charge is 0.295 e. The quantitative estimate of drug-likeness (QED) is 0.541. The molecule has 0 fully saturated rings. The first-order valence-corrected chi connectivity index (χ1v) is 9.45. The fourth-order valence-electron chi connectivity index (χ4n) is 2.48. The number of rotatable bonds is 5. The van der Waals surface area contributed by atoms with Gasteiger partial charge in [0.1, 0.15) is 0 Å². The van der Waals surface area contributed by atoms with Gasteiger partial charge in [0, 0.05) is 11.1 Å². The Morgan fingerprint density at radius 1 is 1.10 bits per heavy atom. The second-order valence-electron chi connectivity index (χ2n) is 6.01. The highest BCUT2D eigenvalue weighted by molar-refractivity contribution is 7.92. The second-order valence-corrected chi connectivity index (χ2v) is 7.69. The average molecular weight is 426 g/mol. The van der Waals surface area contributed by atoms with E-state index in [1.807, 2.05) is 5.10 Å². The molecule has 1 heterocycles. The summed E-state index contributed by atoms with van der Waals surface area (Å²) in [5, 5.41) is 5.59. The van der Waals surface area contributed by atoms with Crippen LogP contribution in [-0.4, -0.2) is 29.4 Å². The van der Waals surface area contributed by atoms with Crippen molar-refractivity contribution in [2.75, 3.05) is 4.72 Å². The minimum Gasteiger partial charge on any atom is -0.295 e. The van der Waals surface area contributed by atoms with Gasteiger partial charge < -0.3 is 0 Å². The molecular formula is C17H13F3N4O4S. The molecule has 0 atom stereocenters. The number of H-pyrrole nitrogens is 2. The monoisotopic (exact) mass is 426 g/mol. The summed E-state index contributed by atoms with van der Waals surface area (Å²) in [6, 6.07) is 7.37. The zero-order valence-corrected chi connectivity index (χ0v) is 15.5. The normalized spacial score (nSPS) is 12.0. The summed E-state index contributed by atoms with van der Waals surface area (Å²) in [4.78, 5) is 24.5. The number of aromatic nitrogens is 3. The lowest BCUT2D eigenvalue weighted by Gasteiger charge is -2.13. The molecule has 0 aliphatic heterocycles. The molecule has 8 nitrogen and oxygen atoms in total. The van der Waals surface area contributed by atoms with Crippen molar-refractivity contribution < 1.29 is 26.4 Å². The molecule has 3 N–H and O–H groups in total. The SMILES string of the molecule is CC(=O)c1ccc(S(=O)(=O)Nc2cc(-c3n[nH]c(=O)[nH]3)cc(C(F)(F)F)c2)cc1. The van der Waals surface area contributed by atoms with Gasteiger partial charge >= 0.3 is 11.9 Å². The number of carbonyl (C=O) groups excluding carboxylic acids is 1. The topological polar surface area (TPSA) is 125 Å². The van der Waals surface area contributed by atoms with Gasteiger partial charge in [0.05, 0.1) is 16.1 Å². The first kappa shape index (κ1) is 20.3. The number of hydrogen-bond donors (Lipinski definition) is 3. The molecule has 0 spiro atoms. The number of nitrogens with one attached hydrogen (secondary N) is 3. The number of anilines is 1. The Kier molecular flexibility index (Phi) is 5.05. The maximum Gasteiger partial charge on any atom is 0.416 e. The van der Waals surface area contributed by atoms with Gasteiger partial charge in [-0.15, -0.1) is 0 Å². The lowest BCUT2D eigenvalue weighted by Crippen LogP contribution is -2.14. The highest BCUT2D eigenvalue weighted by atomic mass is 32.2. The molecule has 12 heteroatoms. The summed E-state index contributed by atoms with van der Waals surface area (Å²) < 4.78 is 66.9. The Balaban J connectivity index is 2.03. The van der Waals surface area contributed by atoms with Crippen molar-refractivity contribution in [3.05, 3.63) is 64.1 Å². The van der Waals surface area contributed by atoms with Gasteiger partial charge in [0.15, 0.2) is 11.6 Å². The Bertz CT molecular complexity index is 1230. The predicted octanol–water partition coefficient (Wildman–Crippen LogP) is 2.79. The van der Waals surface area contributed by atoms with Crippen molar-refractivity contribution in [2.45, 2.75) is 18.0 Å².